The normalized spacial score (nSPS) is 10.4. The Morgan fingerprint density at radius 2 is 2.25 bits per heavy atom. The summed E-state index contributed by atoms with van der Waals surface area (Å²) in [6.07, 6.45) is 0.883. The van der Waals surface area contributed by atoms with Gasteiger partial charge in [0.25, 0.3) is 0 Å². The van der Waals surface area contributed by atoms with Crippen molar-refractivity contribution in [1.29, 1.82) is 0 Å². The van der Waals surface area contributed by atoms with Crippen LogP contribution in [0.5, 0.6) is 0 Å². The van der Waals surface area contributed by atoms with Gasteiger partial charge in [-0.15, -0.1) is 23.1 Å². The number of hydrogen-bond donors (Lipinski definition) is 2. The molecular weight excluding hydrogens is 356 g/mol. The Kier molecular flexibility index (Phi) is 5.94. The first-order valence-electron chi connectivity index (χ1n) is 6.12. The molecule has 1 aromatic carbocycles. The maximum Gasteiger partial charge on any atom is 0.230 e. The number of nitrogens with one attached hydrogen (secondary N) is 1. The standard InChI is InChI=1S/C14H15BrN2OS2/c15-10-3-4-13(12(16)8-10)20-9-14(18)17-6-5-11-2-1-7-19-11/h1-4,7-8H,5-6,9,16H2,(H,17,18). The number of thiophene rings is 1. The third kappa shape index (κ3) is 4.85. The summed E-state index contributed by atoms with van der Waals surface area (Å²) in [5.74, 6) is 0.421. The van der Waals surface area contributed by atoms with Gasteiger partial charge in [-0.2, -0.15) is 0 Å². The van der Waals surface area contributed by atoms with Gasteiger partial charge in [-0.1, -0.05) is 22.0 Å². The highest BCUT2D eigenvalue weighted by Gasteiger charge is 2.05. The molecule has 0 aliphatic heterocycles. The van der Waals surface area contributed by atoms with Crippen LogP contribution < -0.4 is 11.1 Å². The Morgan fingerprint density at radius 1 is 1.40 bits per heavy atom. The van der Waals surface area contributed by atoms with Crippen LogP contribution in [0.25, 0.3) is 0 Å². The minimum Gasteiger partial charge on any atom is -0.398 e. The number of amides is 1. The van der Waals surface area contributed by atoms with Gasteiger partial charge in [0.15, 0.2) is 0 Å². The van der Waals surface area contributed by atoms with Crippen molar-refractivity contribution in [3.05, 3.63) is 45.1 Å². The average molecular weight is 371 g/mol. The van der Waals surface area contributed by atoms with Crippen LogP contribution in [0.1, 0.15) is 4.88 Å². The maximum atomic E-state index is 11.7. The molecule has 0 spiro atoms. The lowest BCUT2D eigenvalue weighted by atomic mass is 10.3. The highest BCUT2D eigenvalue weighted by atomic mass is 79.9. The fourth-order valence-electron chi connectivity index (χ4n) is 1.63. The lowest BCUT2D eigenvalue weighted by Gasteiger charge is -2.06. The smallest absolute Gasteiger partial charge is 0.230 e. The van der Waals surface area contributed by atoms with Crippen LogP contribution in [0.2, 0.25) is 0 Å². The largest absolute Gasteiger partial charge is 0.398 e. The molecule has 0 atom stereocenters. The van der Waals surface area contributed by atoms with Gasteiger partial charge in [0.05, 0.1) is 5.75 Å². The summed E-state index contributed by atoms with van der Waals surface area (Å²) in [6.45, 7) is 0.676. The van der Waals surface area contributed by atoms with Crippen LogP contribution in [0, 0.1) is 0 Å². The molecule has 1 aromatic heterocycles. The van der Waals surface area contributed by atoms with E-state index in [1.807, 2.05) is 29.6 Å². The van der Waals surface area contributed by atoms with Crippen LogP contribution in [0.15, 0.2) is 45.1 Å². The van der Waals surface area contributed by atoms with Gasteiger partial charge < -0.3 is 11.1 Å². The van der Waals surface area contributed by atoms with E-state index in [0.717, 1.165) is 15.8 Å². The minimum atomic E-state index is 0.0360. The second-order valence-corrected chi connectivity index (χ2v) is 7.12. The van der Waals surface area contributed by atoms with Crippen molar-refractivity contribution in [2.75, 3.05) is 18.0 Å². The molecule has 1 amide bonds. The Hall–Kier alpha value is -0.980. The van der Waals surface area contributed by atoms with Gasteiger partial charge in [-0.3, -0.25) is 4.79 Å². The predicted octanol–water partition coefficient (Wildman–Crippen LogP) is 3.54. The number of hydrogen-bond acceptors (Lipinski definition) is 4. The van der Waals surface area contributed by atoms with Crippen molar-refractivity contribution in [3.63, 3.8) is 0 Å². The second kappa shape index (κ2) is 7.71. The van der Waals surface area contributed by atoms with E-state index >= 15 is 0 Å². The molecule has 0 radical (unpaired) electrons. The van der Waals surface area contributed by atoms with Crippen LogP contribution in [-0.2, 0) is 11.2 Å². The molecule has 0 unspecified atom stereocenters. The highest BCUT2D eigenvalue weighted by molar-refractivity contribution is 9.10. The van der Waals surface area contributed by atoms with Crippen LogP contribution >= 0.6 is 39.0 Å². The minimum absolute atomic E-state index is 0.0360. The molecule has 0 bridgehead atoms. The van der Waals surface area contributed by atoms with E-state index in [4.69, 9.17) is 5.73 Å². The zero-order valence-corrected chi connectivity index (χ0v) is 14.0. The van der Waals surface area contributed by atoms with E-state index in [0.29, 0.717) is 18.0 Å². The topological polar surface area (TPSA) is 55.1 Å². The molecule has 2 aromatic rings. The van der Waals surface area contributed by atoms with Gasteiger partial charge in [0, 0.05) is 26.5 Å². The van der Waals surface area contributed by atoms with E-state index < -0.39 is 0 Å². The van der Waals surface area contributed by atoms with Gasteiger partial charge >= 0.3 is 0 Å². The molecule has 3 nitrogen and oxygen atoms in total. The Morgan fingerprint density at radius 3 is 2.95 bits per heavy atom. The van der Waals surface area contributed by atoms with E-state index in [1.165, 1.54) is 16.6 Å². The quantitative estimate of drug-likeness (QED) is 0.603. The molecular formula is C14H15BrN2OS2. The number of carbonyl (C=O) groups excluding carboxylic acids is 1. The van der Waals surface area contributed by atoms with Crippen molar-refractivity contribution >= 4 is 50.6 Å². The SMILES string of the molecule is Nc1cc(Br)ccc1SCC(=O)NCCc1cccs1. The number of thioether (sulfide) groups is 1. The first-order chi connectivity index (χ1) is 9.65. The summed E-state index contributed by atoms with van der Waals surface area (Å²) >= 11 is 6.53. The molecule has 20 heavy (non-hydrogen) atoms. The van der Waals surface area contributed by atoms with Gasteiger partial charge in [-0.05, 0) is 36.1 Å². The Bertz CT molecular complexity index is 573. The summed E-state index contributed by atoms with van der Waals surface area (Å²) in [4.78, 5) is 14.0. The molecule has 0 saturated carbocycles. The summed E-state index contributed by atoms with van der Waals surface area (Å²) in [5, 5.41) is 4.96. The predicted molar refractivity (Wildman–Crippen MR) is 90.3 cm³/mol. The molecule has 1 heterocycles. The molecule has 0 fully saturated rings. The Labute approximate surface area is 135 Å². The summed E-state index contributed by atoms with van der Waals surface area (Å²) in [5.41, 5.74) is 6.58. The molecule has 3 N–H and O–H groups in total. The van der Waals surface area contributed by atoms with E-state index in [2.05, 4.69) is 27.3 Å². The fourth-order valence-corrected chi connectivity index (χ4v) is 3.49. The van der Waals surface area contributed by atoms with Gasteiger partial charge in [-0.25, -0.2) is 0 Å². The second-order valence-electron chi connectivity index (χ2n) is 4.15. The summed E-state index contributed by atoms with van der Waals surface area (Å²) in [7, 11) is 0. The number of benzene rings is 1. The van der Waals surface area contributed by atoms with E-state index in [9.17, 15) is 4.79 Å². The first kappa shape index (κ1) is 15.4. The molecule has 2 rings (SSSR count). The third-order valence-corrected chi connectivity index (χ3v) is 5.12. The number of nitrogens with two attached hydrogens (primary N) is 1. The monoisotopic (exact) mass is 370 g/mol. The maximum absolute atomic E-state index is 11.7. The number of rotatable bonds is 6. The summed E-state index contributed by atoms with van der Waals surface area (Å²) in [6, 6.07) is 9.79. The van der Waals surface area contributed by atoms with E-state index in [1.54, 1.807) is 11.3 Å². The first-order valence-corrected chi connectivity index (χ1v) is 8.78. The van der Waals surface area contributed by atoms with Gasteiger partial charge in [0.1, 0.15) is 0 Å². The molecule has 0 aliphatic carbocycles. The van der Waals surface area contributed by atoms with Crippen molar-refractivity contribution in [2.24, 2.45) is 0 Å². The van der Waals surface area contributed by atoms with Crippen molar-refractivity contribution < 1.29 is 4.79 Å². The number of nitrogen functional groups attached to an aromatic ring is 1. The molecule has 106 valence electrons. The lowest BCUT2D eigenvalue weighted by molar-refractivity contribution is -0.118. The van der Waals surface area contributed by atoms with Crippen molar-refractivity contribution in [2.45, 2.75) is 11.3 Å². The zero-order chi connectivity index (χ0) is 14.4. The number of anilines is 1. The highest BCUT2D eigenvalue weighted by Crippen LogP contribution is 2.27. The number of halogens is 1. The Balaban J connectivity index is 1.72. The van der Waals surface area contributed by atoms with Crippen molar-refractivity contribution in [3.8, 4) is 0 Å². The third-order valence-electron chi connectivity index (χ3n) is 2.60. The fraction of sp³-hybridized carbons (Fsp3) is 0.214. The molecule has 6 heteroatoms. The van der Waals surface area contributed by atoms with Crippen LogP contribution in [0.4, 0.5) is 5.69 Å². The lowest BCUT2D eigenvalue weighted by Crippen LogP contribution is -2.27. The van der Waals surface area contributed by atoms with Crippen LogP contribution in [-0.4, -0.2) is 18.2 Å². The van der Waals surface area contributed by atoms with Crippen molar-refractivity contribution in [1.82, 2.24) is 5.32 Å². The zero-order valence-electron chi connectivity index (χ0n) is 10.8. The van der Waals surface area contributed by atoms with E-state index in [-0.39, 0.29) is 5.91 Å². The summed E-state index contributed by atoms with van der Waals surface area (Å²) < 4.78 is 0.944. The molecule has 0 saturated heterocycles. The van der Waals surface area contributed by atoms with Crippen LogP contribution in [0.3, 0.4) is 0 Å². The van der Waals surface area contributed by atoms with Gasteiger partial charge in [0.2, 0.25) is 5.91 Å². The molecule has 0 aliphatic rings. The number of carbonyl (C=O) groups is 1. The average Bonchev–Trinajstić information content (AvgIpc) is 2.91.